The molecule has 1 N–H and O–H groups in total. The first-order chi connectivity index (χ1) is 16.8. The van der Waals surface area contributed by atoms with Crippen LogP contribution in [0.25, 0.3) is 10.6 Å². The summed E-state index contributed by atoms with van der Waals surface area (Å²) in [6.07, 6.45) is 0. The maximum atomic E-state index is 13.8. The number of rotatable bonds is 6. The van der Waals surface area contributed by atoms with E-state index in [9.17, 15) is 9.59 Å². The zero-order valence-electron chi connectivity index (χ0n) is 20.1. The van der Waals surface area contributed by atoms with Crippen molar-refractivity contribution < 1.29 is 9.59 Å². The minimum absolute atomic E-state index is 0.193. The van der Waals surface area contributed by atoms with Crippen molar-refractivity contribution in [3.63, 3.8) is 0 Å². The van der Waals surface area contributed by atoms with Gasteiger partial charge in [-0.25, -0.2) is 0 Å². The summed E-state index contributed by atoms with van der Waals surface area (Å²) in [5.41, 5.74) is 4.44. The summed E-state index contributed by atoms with van der Waals surface area (Å²) in [7, 11) is 0. The predicted molar refractivity (Wildman–Crippen MR) is 138 cm³/mol. The zero-order chi connectivity index (χ0) is 24.6. The van der Waals surface area contributed by atoms with Crippen molar-refractivity contribution >= 4 is 23.2 Å². The number of carbonyl (C=O) groups is 2. The van der Waals surface area contributed by atoms with Crippen LogP contribution >= 0.6 is 11.3 Å². The maximum Gasteiger partial charge on any atom is 0.273 e. The van der Waals surface area contributed by atoms with Crippen LogP contribution in [0.4, 0.5) is 0 Å². The third-order valence-electron chi connectivity index (χ3n) is 6.56. The molecule has 1 aliphatic rings. The molecule has 1 atom stereocenters. The number of benzene rings is 2. The van der Waals surface area contributed by atoms with Gasteiger partial charge in [-0.1, -0.05) is 65.7 Å². The zero-order valence-corrected chi connectivity index (χ0v) is 20.9. The van der Waals surface area contributed by atoms with Gasteiger partial charge in [-0.15, -0.1) is 11.3 Å². The van der Waals surface area contributed by atoms with E-state index in [0.717, 1.165) is 27.3 Å². The Kier molecular flexibility index (Phi) is 6.03. The van der Waals surface area contributed by atoms with Gasteiger partial charge in [-0.2, -0.15) is 5.10 Å². The van der Waals surface area contributed by atoms with Crippen LogP contribution in [-0.2, 0) is 24.4 Å². The third kappa shape index (κ3) is 4.51. The fourth-order valence-electron chi connectivity index (χ4n) is 4.51. The van der Waals surface area contributed by atoms with Gasteiger partial charge in [-0.3, -0.25) is 14.3 Å². The Hall–Kier alpha value is -3.71. The Morgan fingerprint density at radius 1 is 1.03 bits per heavy atom. The lowest BCUT2D eigenvalue weighted by Gasteiger charge is -2.43. The lowest BCUT2D eigenvalue weighted by molar-refractivity contribution is -0.133. The highest BCUT2D eigenvalue weighted by Crippen LogP contribution is 2.32. The number of fused-ring (bicyclic) bond motifs is 1. The second kappa shape index (κ2) is 9.15. The number of aryl methyl sites for hydroxylation is 2. The van der Waals surface area contributed by atoms with Gasteiger partial charge in [0, 0.05) is 13.1 Å². The number of nitrogens with one attached hydrogen (secondary N) is 1. The van der Waals surface area contributed by atoms with E-state index >= 15 is 0 Å². The van der Waals surface area contributed by atoms with Crippen LogP contribution in [0.1, 0.15) is 39.7 Å². The second-order valence-corrected chi connectivity index (χ2v) is 10.3. The van der Waals surface area contributed by atoms with Crippen LogP contribution in [0.15, 0.2) is 72.1 Å². The highest BCUT2D eigenvalue weighted by atomic mass is 32.1. The topological polar surface area (TPSA) is 67.2 Å². The van der Waals surface area contributed by atoms with E-state index in [4.69, 9.17) is 5.10 Å². The number of carbonyl (C=O) groups excluding carboxylic acids is 2. The summed E-state index contributed by atoms with van der Waals surface area (Å²) in [6.45, 7) is 6.91. The molecule has 7 heteroatoms. The Balaban J connectivity index is 1.48. The number of amides is 2. The summed E-state index contributed by atoms with van der Waals surface area (Å²) in [4.78, 5) is 30.2. The summed E-state index contributed by atoms with van der Waals surface area (Å²) >= 11 is 1.58. The first kappa shape index (κ1) is 23.1. The molecular weight excluding hydrogens is 456 g/mol. The van der Waals surface area contributed by atoms with Gasteiger partial charge in [0.05, 0.1) is 11.4 Å². The second-order valence-electron chi connectivity index (χ2n) is 9.37. The van der Waals surface area contributed by atoms with Crippen LogP contribution < -0.4 is 5.32 Å². The largest absolute Gasteiger partial charge is 0.350 e. The minimum Gasteiger partial charge on any atom is -0.350 e. The molecule has 5 rings (SSSR count). The smallest absolute Gasteiger partial charge is 0.273 e. The highest BCUT2D eigenvalue weighted by molar-refractivity contribution is 7.13. The summed E-state index contributed by atoms with van der Waals surface area (Å²) in [6, 6.07) is 21.9. The molecule has 2 amide bonds. The summed E-state index contributed by atoms with van der Waals surface area (Å²) in [5, 5.41) is 9.76. The minimum atomic E-state index is -1.10. The molecule has 0 bridgehead atoms. The van der Waals surface area contributed by atoms with Gasteiger partial charge >= 0.3 is 0 Å². The first-order valence-electron chi connectivity index (χ1n) is 11.7. The van der Waals surface area contributed by atoms with Crippen molar-refractivity contribution in [1.82, 2.24) is 20.0 Å². The molecule has 0 fully saturated rings. The Labute approximate surface area is 209 Å². The van der Waals surface area contributed by atoms with E-state index in [-0.39, 0.29) is 18.4 Å². The van der Waals surface area contributed by atoms with Crippen molar-refractivity contribution in [3.8, 4) is 10.6 Å². The molecule has 178 valence electrons. The van der Waals surface area contributed by atoms with E-state index in [1.54, 1.807) is 20.9 Å². The highest BCUT2D eigenvalue weighted by Gasteiger charge is 2.48. The average molecular weight is 485 g/mol. The number of nitrogens with zero attached hydrogens (tertiary/aromatic N) is 3. The fraction of sp³-hybridized carbons (Fsp3) is 0.250. The van der Waals surface area contributed by atoms with E-state index < -0.39 is 5.54 Å². The van der Waals surface area contributed by atoms with Gasteiger partial charge in [0.2, 0.25) is 5.91 Å². The Morgan fingerprint density at radius 3 is 2.54 bits per heavy atom. The number of thiophene rings is 1. The normalized spacial score (nSPS) is 17.3. The van der Waals surface area contributed by atoms with Crippen LogP contribution in [0.3, 0.4) is 0 Å². The van der Waals surface area contributed by atoms with Crippen molar-refractivity contribution in [1.29, 1.82) is 0 Å². The molecule has 0 saturated heterocycles. The SMILES string of the molecule is Cc1ccc(CNC(=O)[C@]2(C)Cn3nc(-c4cccs4)cc3C(=O)N2Cc2cccc(C)c2)cc1. The maximum absolute atomic E-state index is 13.8. The van der Waals surface area contributed by atoms with Crippen molar-refractivity contribution in [2.45, 2.75) is 45.9 Å². The van der Waals surface area contributed by atoms with Gasteiger partial charge < -0.3 is 10.2 Å². The third-order valence-corrected chi connectivity index (χ3v) is 7.45. The predicted octanol–water partition coefficient (Wildman–Crippen LogP) is 4.96. The molecule has 1 aliphatic heterocycles. The molecule has 4 aromatic rings. The molecule has 2 aromatic carbocycles. The Bertz CT molecular complexity index is 1370. The fourth-order valence-corrected chi connectivity index (χ4v) is 5.19. The molecule has 3 heterocycles. The molecular formula is C28H28N4O2S. The van der Waals surface area contributed by atoms with Crippen LogP contribution in [0.5, 0.6) is 0 Å². The summed E-state index contributed by atoms with van der Waals surface area (Å²) in [5.74, 6) is -0.390. The average Bonchev–Trinajstić information content (AvgIpc) is 3.51. The van der Waals surface area contributed by atoms with Crippen LogP contribution in [0, 0.1) is 13.8 Å². The van der Waals surface area contributed by atoms with E-state index in [2.05, 4.69) is 11.4 Å². The van der Waals surface area contributed by atoms with Crippen molar-refractivity contribution in [3.05, 3.63) is 100 Å². The molecule has 0 radical (unpaired) electrons. The van der Waals surface area contributed by atoms with Crippen LogP contribution in [-0.4, -0.2) is 32.0 Å². The molecule has 2 aromatic heterocycles. The summed E-state index contributed by atoms with van der Waals surface area (Å²) < 4.78 is 1.69. The first-order valence-corrected chi connectivity index (χ1v) is 12.5. The standard InChI is InChI=1S/C28H28N4O2S/c1-19-9-11-21(12-10-19)16-29-27(34)28(3)18-32-24(15-23(30-32)25-8-5-13-35-25)26(33)31(28)17-22-7-4-6-20(2)14-22/h4-15H,16-18H2,1-3H3,(H,29,34)/t28-/m0/s1. The van der Waals surface area contributed by atoms with Gasteiger partial charge in [0.25, 0.3) is 5.91 Å². The quantitative estimate of drug-likeness (QED) is 0.421. The van der Waals surface area contributed by atoms with Gasteiger partial charge in [-0.05, 0) is 49.4 Å². The Morgan fingerprint density at radius 2 is 1.83 bits per heavy atom. The number of hydrogen-bond acceptors (Lipinski definition) is 4. The lowest BCUT2D eigenvalue weighted by atomic mass is 9.93. The van der Waals surface area contributed by atoms with Crippen molar-refractivity contribution in [2.75, 3.05) is 0 Å². The monoisotopic (exact) mass is 484 g/mol. The molecule has 0 unspecified atom stereocenters. The molecule has 0 spiro atoms. The van der Waals surface area contributed by atoms with E-state index in [1.807, 2.05) is 86.8 Å². The van der Waals surface area contributed by atoms with E-state index in [1.165, 1.54) is 5.56 Å². The molecule has 0 aliphatic carbocycles. The number of hydrogen-bond donors (Lipinski definition) is 1. The van der Waals surface area contributed by atoms with Crippen LogP contribution in [0.2, 0.25) is 0 Å². The van der Waals surface area contributed by atoms with E-state index in [0.29, 0.717) is 18.8 Å². The molecule has 35 heavy (non-hydrogen) atoms. The van der Waals surface area contributed by atoms with Gasteiger partial charge in [0.1, 0.15) is 16.9 Å². The number of aromatic nitrogens is 2. The van der Waals surface area contributed by atoms with Crippen molar-refractivity contribution in [2.24, 2.45) is 0 Å². The lowest BCUT2D eigenvalue weighted by Crippen LogP contribution is -2.63. The molecule has 6 nitrogen and oxygen atoms in total. The van der Waals surface area contributed by atoms with Gasteiger partial charge in [0.15, 0.2) is 0 Å². The molecule has 0 saturated carbocycles.